The quantitative estimate of drug-likeness (QED) is 0.157. The lowest BCUT2D eigenvalue weighted by molar-refractivity contribution is 0.669. The van der Waals surface area contributed by atoms with E-state index in [9.17, 15) is 0 Å². The van der Waals surface area contributed by atoms with Crippen LogP contribution < -0.4 is 4.90 Å². The fraction of sp³-hybridized carbons (Fsp3) is 0. The maximum atomic E-state index is 6.63. The van der Waals surface area contributed by atoms with Crippen LogP contribution in [0.4, 0.5) is 17.1 Å². The molecule has 10 rings (SSSR count). The molecule has 0 aliphatic carbocycles. The van der Waals surface area contributed by atoms with Crippen LogP contribution in [0.3, 0.4) is 0 Å². The maximum absolute atomic E-state index is 6.63. The summed E-state index contributed by atoms with van der Waals surface area (Å²) >= 11 is 0. The fourth-order valence-electron chi connectivity index (χ4n) is 7.36. The van der Waals surface area contributed by atoms with Gasteiger partial charge < -0.3 is 9.32 Å². The van der Waals surface area contributed by atoms with Gasteiger partial charge in [-0.2, -0.15) is 0 Å². The minimum absolute atomic E-state index is 0.584. The minimum Gasteiger partial charge on any atom is -0.456 e. The lowest BCUT2D eigenvalue weighted by Crippen LogP contribution is -2.10. The molecule has 56 heavy (non-hydrogen) atoms. The van der Waals surface area contributed by atoms with Gasteiger partial charge in [-0.1, -0.05) is 158 Å². The van der Waals surface area contributed by atoms with Crippen molar-refractivity contribution in [2.45, 2.75) is 0 Å². The van der Waals surface area contributed by atoms with Gasteiger partial charge in [0.2, 0.25) is 0 Å². The molecule has 2 heterocycles. The zero-order chi connectivity index (χ0) is 37.3. The topological polar surface area (TPSA) is 55.1 Å². The van der Waals surface area contributed by atoms with Gasteiger partial charge in [-0.15, -0.1) is 0 Å². The Bertz CT molecular complexity index is 2870. The molecular formula is C51H34N4O. The van der Waals surface area contributed by atoms with Gasteiger partial charge in [0, 0.05) is 33.5 Å². The first-order chi connectivity index (χ1) is 27.7. The van der Waals surface area contributed by atoms with Crippen molar-refractivity contribution in [2.75, 3.05) is 4.90 Å². The predicted octanol–water partition coefficient (Wildman–Crippen LogP) is 13.6. The maximum Gasteiger partial charge on any atom is 0.164 e. The Labute approximate surface area is 324 Å². The van der Waals surface area contributed by atoms with Crippen molar-refractivity contribution in [1.29, 1.82) is 0 Å². The number of nitrogens with zero attached hydrogens (tertiary/aromatic N) is 4. The first-order valence-electron chi connectivity index (χ1n) is 18.7. The molecule has 0 spiro atoms. The van der Waals surface area contributed by atoms with E-state index in [-0.39, 0.29) is 0 Å². The highest BCUT2D eigenvalue weighted by Gasteiger charge is 2.21. The van der Waals surface area contributed by atoms with Crippen molar-refractivity contribution in [3.63, 3.8) is 0 Å². The van der Waals surface area contributed by atoms with Crippen molar-refractivity contribution < 1.29 is 4.42 Å². The molecule has 0 aliphatic heterocycles. The third kappa shape index (κ3) is 6.27. The highest BCUT2D eigenvalue weighted by molar-refractivity contribution is 6.14. The molecule has 0 saturated heterocycles. The van der Waals surface area contributed by atoms with Crippen molar-refractivity contribution >= 4 is 39.0 Å². The van der Waals surface area contributed by atoms with Gasteiger partial charge in [-0.3, -0.25) is 0 Å². The number of anilines is 3. The van der Waals surface area contributed by atoms with E-state index in [1.54, 1.807) is 0 Å². The van der Waals surface area contributed by atoms with Gasteiger partial charge in [-0.05, 0) is 70.8 Å². The SMILES string of the molecule is c1ccc(-c2ccc(-c3ccc(N(c4ccccc4)c4cccc5oc6cc(-c7nc(-c8ccccc8)nc(-c8ccccc8)n7)ccc6c45)cc3)cc2)cc1. The lowest BCUT2D eigenvalue weighted by Gasteiger charge is -2.26. The van der Waals surface area contributed by atoms with Crippen LogP contribution in [0, 0.1) is 0 Å². The Morgan fingerprint density at radius 2 is 0.750 bits per heavy atom. The average Bonchev–Trinajstić information content (AvgIpc) is 3.67. The number of para-hydroxylation sites is 1. The summed E-state index contributed by atoms with van der Waals surface area (Å²) in [5.41, 5.74) is 12.1. The van der Waals surface area contributed by atoms with Crippen molar-refractivity contribution in [2.24, 2.45) is 0 Å². The van der Waals surface area contributed by atoms with Crippen molar-refractivity contribution in [1.82, 2.24) is 15.0 Å². The number of hydrogen-bond acceptors (Lipinski definition) is 5. The van der Waals surface area contributed by atoms with E-state index in [1.807, 2.05) is 84.9 Å². The Hall–Kier alpha value is -7.63. The van der Waals surface area contributed by atoms with E-state index in [0.717, 1.165) is 61.3 Å². The predicted molar refractivity (Wildman–Crippen MR) is 229 cm³/mol. The Balaban J connectivity index is 1.05. The molecule has 2 aromatic heterocycles. The molecule has 0 unspecified atom stereocenters. The Morgan fingerprint density at radius 3 is 1.30 bits per heavy atom. The number of aromatic nitrogens is 3. The molecular weight excluding hydrogens is 685 g/mol. The van der Waals surface area contributed by atoms with Crippen LogP contribution in [-0.2, 0) is 0 Å². The lowest BCUT2D eigenvalue weighted by atomic mass is 10.00. The average molecular weight is 719 g/mol. The third-order valence-electron chi connectivity index (χ3n) is 10.1. The smallest absolute Gasteiger partial charge is 0.164 e. The number of rotatable bonds is 8. The highest BCUT2D eigenvalue weighted by Crippen LogP contribution is 2.44. The molecule has 0 fully saturated rings. The summed E-state index contributed by atoms with van der Waals surface area (Å²) in [6, 6.07) is 71.1. The Kier molecular flexibility index (Phi) is 8.43. The molecule has 0 saturated carbocycles. The summed E-state index contributed by atoms with van der Waals surface area (Å²) in [5.74, 6) is 1.83. The molecule has 5 heteroatoms. The van der Waals surface area contributed by atoms with Crippen LogP contribution in [-0.4, -0.2) is 15.0 Å². The van der Waals surface area contributed by atoms with Gasteiger partial charge in [0.15, 0.2) is 17.5 Å². The summed E-state index contributed by atoms with van der Waals surface area (Å²) in [7, 11) is 0. The molecule has 0 bridgehead atoms. The van der Waals surface area contributed by atoms with Gasteiger partial charge in [0.1, 0.15) is 11.2 Å². The highest BCUT2D eigenvalue weighted by atomic mass is 16.3. The van der Waals surface area contributed by atoms with E-state index in [4.69, 9.17) is 19.4 Å². The van der Waals surface area contributed by atoms with Gasteiger partial charge in [0.25, 0.3) is 0 Å². The second-order valence-electron chi connectivity index (χ2n) is 13.7. The van der Waals surface area contributed by atoms with Crippen LogP contribution in [0.25, 0.3) is 78.4 Å². The normalized spacial score (nSPS) is 11.2. The summed E-state index contributed by atoms with van der Waals surface area (Å²) in [4.78, 5) is 17.1. The molecule has 0 atom stereocenters. The molecule has 5 nitrogen and oxygen atoms in total. The first-order valence-corrected chi connectivity index (χ1v) is 18.7. The second kappa shape index (κ2) is 14.3. The van der Waals surface area contributed by atoms with E-state index in [2.05, 4.69) is 126 Å². The number of hydrogen-bond donors (Lipinski definition) is 0. The van der Waals surface area contributed by atoms with Gasteiger partial charge in [0.05, 0.1) is 11.1 Å². The molecule has 10 aromatic rings. The van der Waals surface area contributed by atoms with Gasteiger partial charge in [-0.25, -0.2) is 15.0 Å². The number of furan rings is 1. The zero-order valence-corrected chi connectivity index (χ0v) is 30.3. The molecule has 0 N–H and O–H groups in total. The summed E-state index contributed by atoms with van der Waals surface area (Å²) in [6.45, 7) is 0. The summed E-state index contributed by atoms with van der Waals surface area (Å²) in [6.07, 6.45) is 0. The number of fused-ring (bicyclic) bond motifs is 3. The van der Waals surface area contributed by atoms with Crippen LogP contribution >= 0.6 is 0 Å². The molecule has 0 radical (unpaired) electrons. The van der Waals surface area contributed by atoms with Crippen LogP contribution in [0.15, 0.2) is 211 Å². The van der Waals surface area contributed by atoms with Crippen molar-refractivity contribution in [3.05, 3.63) is 206 Å². The van der Waals surface area contributed by atoms with E-state index in [1.165, 1.54) is 16.7 Å². The monoisotopic (exact) mass is 718 g/mol. The molecule has 0 aliphatic rings. The van der Waals surface area contributed by atoms with Crippen molar-refractivity contribution in [3.8, 4) is 56.4 Å². The first kappa shape index (κ1) is 33.0. The molecule has 0 amide bonds. The second-order valence-corrected chi connectivity index (χ2v) is 13.7. The van der Waals surface area contributed by atoms with Crippen LogP contribution in [0.1, 0.15) is 0 Å². The number of benzene rings is 8. The van der Waals surface area contributed by atoms with Crippen LogP contribution in [0.5, 0.6) is 0 Å². The minimum atomic E-state index is 0.584. The van der Waals surface area contributed by atoms with Crippen LogP contribution in [0.2, 0.25) is 0 Å². The largest absolute Gasteiger partial charge is 0.456 e. The van der Waals surface area contributed by atoms with E-state index in [0.29, 0.717) is 17.5 Å². The molecule has 8 aromatic carbocycles. The third-order valence-corrected chi connectivity index (χ3v) is 10.1. The summed E-state index contributed by atoms with van der Waals surface area (Å²) < 4.78 is 6.63. The fourth-order valence-corrected chi connectivity index (χ4v) is 7.36. The standard InChI is InChI=1S/C51H34N4O/c1-5-14-35(15-6-1)36-24-26-37(27-25-36)38-28-31-43(32-29-38)55(42-20-11-4-12-21-42)45-22-13-23-46-48(45)44-33-30-41(34-47(44)56-46)51-53-49(39-16-7-2-8-17-39)52-50(54-51)40-18-9-3-10-19-40/h1-34H. The van der Waals surface area contributed by atoms with Gasteiger partial charge >= 0.3 is 0 Å². The molecule has 264 valence electrons. The van der Waals surface area contributed by atoms with E-state index >= 15 is 0 Å². The Morgan fingerprint density at radius 1 is 0.321 bits per heavy atom. The summed E-state index contributed by atoms with van der Waals surface area (Å²) in [5, 5.41) is 2.04. The van der Waals surface area contributed by atoms with E-state index < -0.39 is 0 Å². The zero-order valence-electron chi connectivity index (χ0n) is 30.3.